The number of aromatic nitrogens is 2. The van der Waals surface area contributed by atoms with Crippen molar-refractivity contribution in [1.29, 1.82) is 5.26 Å². The smallest absolute Gasteiger partial charge is 0.416 e. The van der Waals surface area contributed by atoms with Crippen LogP contribution in [0.15, 0.2) is 18.2 Å². The fourth-order valence-electron chi connectivity index (χ4n) is 3.63. The van der Waals surface area contributed by atoms with Crippen LogP contribution in [0.2, 0.25) is 0 Å². The Morgan fingerprint density at radius 1 is 1.31 bits per heavy atom. The molecule has 1 atom stereocenters. The second-order valence-corrected chi connectivity index (χ2v) is 7.17. The number of aryl methyl sites for hydroxylation is 1. The number of aromatic hydroxyl groups is 1. The van der Waals surface area contributed by atoms with Crippen molar-refractivity contribution in [2.45, 2.75) is 38.9 Å². The lowest BCUT2D eigenvalue weighted by molar-refractivity contribution is -0.137. The molecule has 0 bridgehead atoms. The zero-order valence-electron chi connectivity index (χ0n) is 16.2. The van der Waals surface area contributed by atoms with Crippen molar-refractivity contribution in [2.24, 2.45) is 0 Å². The Morgan fingerprint density at radius 3 is 2.69 bits per heavy atom. The van der Waals surface area contributed by atoms with Crippen LogP contribution in [-0.2, 0) is 6.18 Å². The van der Waals surface area contributed by atoms with Gasteiger partial charge in [-0.25, -0.2) is 0 Å². The third-order valence-electron chi connectivity index (χ3n) is 5.11. The lowest BCUT2D eigenvalue weighted by atomic mass is 9.99. The highest BCUT2D eigenvalue weighted by Gasteiger charge is 2.32. The van der Waals surface area contributed by atoms with E-state index in [-0.39, 0.29) is 28.4 Å². The lowest BCUT2D eigenvalue weighted by Crippen LogP contribution is -2.42. The summed E-state index contributed by atoms with van der Waals surface area (Å²) in [6, 6.07) is 5.22. The number of piperidine rings is 1. The number of likely N-dealkylation sites (tertiary alicyclic amines) is 1. The van der Waals surface area contributed by atoms with Crippen LogP contribution in [0.5, 0.6) is 5.75 Å². The second kappa shape index (κ2) is 8.25. The number of nitrogens with one attached hydrogen (secondary N) is 1. The van der Waals surface area contributed by atoms with Gasteiger partial charge in [0, 0.05) is 18.2 Å². The second-order valence-electron chi connectivity index (χ2n) is 7.17. The Morgan fingerprint density at radius 2 is 2.07 bits per heavy atom. The molecule has 6 nitrogen and oxygen atoms in total. The van der Waals surface area contributed by atoms with Crippen LogP contribution < -0.4 is 5.32 Å². The minimum Gasteiger partial charge on any atom is -0.507 e. The number of alkyl halides is 3. The van der Waals surface area contributed by atoms with Gasteiger partial charge in [-0.05, 0) is 56.6 Å². The van der Waals surface area contributed by atoms with Gasteiger partial charge in [0.05, 0.1) is 16.8 Å². The minimum atomic E-state index is -4.57. The number of hydrogen-bond acceptors (Lipinski definition) is 6. The van der Waals surface area contributed by atoms with E-state index < -0.39 is 17.5 Å². The highest BCUT2D eigenvalue weighted by Crippen LogP contribution is 2.38. The van der Waals surface area contributed by atoms with Crippen molar-refractivity contribution in [3.05, 3.63) is 34.9 Å². The molecule has 1 aliphatic heterocycles. The Bertz CT molecular complexity index is 916. The van der Waals surface area contributed by atoms with Gasteiger partial charge in [-0.1, -0.05) is 6.92 Å². The first-order valence-electron chi connectivity index (χ1n) is 9.40. The maximum absolute atomic E-state index is 12.9. The number of phenolic OH excluding ortho intramolecular Hbond substituents is 1. The number of halogens is 3. The van der Waals surface area contributed by atoms with Crippen LogP contribution >= 0.6 is 0 Å². The van der Waals surface area contributed by atoms with Crippen LogP contribution in [0.3, 0.4) is 0 Å². The van der Waals surface area contributed by atoms with Gasteiger partial charge < -0.3 is 15.3 Å². The van der Waals surface area contributed by atoms with Gasteiger partial charge in [0.2, 0.25) is 0 Å². The fraction of sp³-hybridized carbons (Fsp3) is 0.450. The molecular weight excluding hydrogens is 383 g/mol. The molecule has 1 aromatic carbocycles. The highest BCUT2D eigenvalue weighted by molar-refractivity contribution is 5.73. The standard InChI is InChI=1S/C20H22F3N5O/c1-3-28-6-4-5-15(11-28)25-19-13(10-24)8-16(26-27-19)18-12(2)7-14(9-17(18)29)20(21,22)23/h7-9,15,29H,3-6,11H2,1-2H3,(H,25,27)/t15-/m1/s1. The molecule has 9 heteroatoms. The Hall–Kier alpha value is -2.86. The Kier molecular flexibility index (Phi) is 5.94. The summed E-state index contributed by atoms with van der Waals surface area (Å²) in [6.45, 7) is 6.36. The van der Waals surface area contributed by atoms with Gasteiger partial charge in [-0.15, -0.1) is 10.2 Å². The van der Waals surface area contributed by atoms with Crippen molar-refractivity contribution in [2.75, 3.05) is 25.0 Å². The first-order valence-corrected chi connectivity index (χ1v) is 9.40. The molecule has 154 valence electrons. The van der Waals surface area contributed by atoms with E-state index in [1.165, 1.54) is 13.0 Å². The summed E-state index contributed by atoms with van der Waals surface area (Å²) in [5.41, 5.74) is -0.247. The monoisotopic (exact) mass is 405 g/mol. The minimum absolute atomic E-state index is 0.128. The first-order chi connectivity index (χ1) is 13.7. The van der Waals surface area contributed by atoms with E-state index in [9.17, 15) is 23.5 Å². The maximum Gasteiger partial charge on any atom is 0.416 e. The Labute approximate surface area is 167 Å². The van der Waals surface area contributed by atoms with Gasteiger partial charge >= 0.3 is 6.18 Å². The van der Waals surface area contributed by atoms with Crippen molar-refractivity contribution >= 4 is 5.82 Å². The van der Waals surface area contributed by atoms with E-state index in [1.54, 1.807) is 0 Å². The molecule has 0 saturated carbocycles. The lowest BCUT2D eigenvalue weighted by Gasteiger charge is -2.32. The molecule has 0 spiro atoms. The van der Waals surface area contributed by atoms with Crippen LogP contribution in [0.4, 0.5) is 19.0 Å². The first kappa shape index (κ1) is 20.9. The van der Waals surface area contributed by atoms with E-state index in [4.69, 9.17) is 0 Å². The van der Waals surface area contributed by atoms with Gasteiger partial charge in [-0.3, -0.25) is 0 Å². The van der Waals surface area contributed by atoms with Crippen LogP contribution in [0.25, 0.3) is 11.3 Å². The van der Waals surface area contributed by atoms with Crippen molar-refractivity contribution < 1.29 is 18.3 Å². The zero-order valence-corrected chi connectivity index (χ0v) is 16.2. The number of phenols is 1. The van der Waals surface area contributed by atoms with Crippen molar-refractivity contribution in [3.8, 4) is 23.1 Å². The molecule has 0 unspecified atom stereocenters. The summed E-state index contributed by atoms with van der Waals surface area (Å²) in [5.74, 6) is -0.217. The van der Waals surface area contributed by atoms with Crippen LogP contribution in [0, 0.1) is 18.3 Å². The van der Waals surface area contributed by atoms with E-state index in [2.05, 4.69) is 33.4 Å². The normalized spacial score (nSPS) is 17.7. The number of likely N-dealkylation sites (N-methyl/N-ethyl adjacent to an activating group) is 1. The predicted octanol–water partition coefficient (Wildman–Crippen LogP) is 3.94. The molecular formula is C20H22F3N5O. The molecule has 1 aliphatic rings. The third-order valence-corrected chi connectivity index (χ3v) is 5.11. The molecule has 29 heavy (non-hydrogen) atoms. The van der Waals surface area contributed by atoms with E-state index in [0.717, 1.165) is 38.5 Å². The number of nitriles is 1. The highest BCUT2D eigenvalue weighted by atomic mass is 19.4. The summed E-state index contributed by atoms with van der Waals surface area (Å²) in [7, 11) is 0. The quantitative estimate of drug-likeness (QED) is 0.801. The number of rotatable bonds is 4. The van der Waals surface area contributed by atoms with Gasteiger partial charge in [0.25, 0.3) is 0 Å². The van der Waals surface area contributed by atoms with E-state index in [1.807, 2.05) is 0 Å². The molecule has 2 N–H and O–H groups in total. The number of nitrogens with zero attached hydrogens (tertiary/aromatic N) is 4. The summed E-state index contributed by atoms with van der Waals surface area (Å²) in [4.78, 5) is 2.30. The van der Waals surface area contributed by atoms with Crippen LogP contribution in [0.1, 0.15) is 36.5 Å². The van der Waals surface area contributed by atoms with E-state index in [0.29, 0.717) is 11.9 Å². The average Bonchev–Trinajstić information content (AvgIpc) is 2.67. The summed E-state index contributed by atoms with van der Waals surface area (Å²) >= 11 is 0. The SMILES string of the molecule is CCN1CCC[C@@H](Nc2nnc(-c3c(C)cc(C(F)(F)F)cc3O)cc2C#N)C1. The van der Waals surface area contributed by atoms with Gasteiger partial charge in [-0.2, -0.15) is 18.4 Å². The Balaban J connectivity index is 1.91. The molecule has 1 fully saturated rings. The largest absolute Gasteiger partial charge is 0.507 e. The predicted molar refractivity (Wildman–Crippen MR) is 102 cm³/mol. The number of anilines is 1. The molecule has 1 saturated heterocycles. The number of hydrogen-bond donors (Lipinski definition) is 2. The van der Waals surface area contributed by atoms with E-state index >= 15 is 0 Å². The maximum atomic E-state index is 12.9. The van der Waals surface area contributed by atoms with Crippen molar-refractivity contribution in [3.63, 3.8) is 0 Å². The fourth-order valence-corrected chi connectivity index (χ4v) is 3.63. The molecule has 2 aromatic rings. The van der Waals surface area contributed by atoms with Crippen molar-refractivity contribution in [1.82, 2.24) is 15.1 Å². The van der Waals surface area contributed by atoms with Gasteiger partial charge in [0.1, 0.15) is 11.8 Å². The molecule has 0 amide bonds. The summed E-state index contributed by atoms with van der Waals surface area (Å²) in [5, 5.41) is 31.1. The molecule has 0 radical (unpaired) electrons. The molecule has 1 aromatic heterocycles. The molecule has 0 aliphatic carbocycles. The molecule has 2 heterocycles. The molecule has 3 rings (SSSR count). The number of benzene rings is 1. The van der Waals surface area contributed by atoms with Gasteiger partial charge in [0.15, 0.2) is 5.82 Å². The summed E-state index contributed by atoms with van der Waals surface area (Å²) in [6.07, 6.45) is -2.58. The third kappa shape index (κ3) is 4.59. The average molecular weight is 405 g/mol. The summed E-state index contributed by atoms with van der Waals surface area (Å²) < 4.78 is 38.8. The van der Waals surface area contributed by atoms with Crippen LogP contribution in [-0.4, -0.2) is 45.9 Å². The topological polar surface area (TPSA) is 85.1 Å². The zero-order chi connectivity index (χ0) is 21.2.